The molecule has 0 amide bonds. The van der Waals surface area contributed by atoms with E-state index in [-0.39, 0.29) is 23.9 Å². The normalized spacial score (nSPS) is 11.4. The van der Waals surface area contributed by atoms with Gasteiger partial charge in [-0.1, -0.05) is 178 Å². The van der Waals surface area contributed by atoms with Crippen LogP contribution in [0, 0.1) is 0 Å². The Morgan fingerprint density at radius 3 is 0.684 bits per heavy atom. The summed E-state index contributed by atoms with van der Waals surface area (Å²) in [6.07, 6.45) is 16.4. The third-order valence-electron chi connectivity index (χ3n) is 14.5. The van der Waals surface area contributed by atoms with Gasteiger partial charge in [0.05, 0.1) is 48.7 Å². The maximum atomic E-state index is 13.2. The average Bonchev–Trinajstić information content (AvgIpc) is 3.52. The Balaban J connectivity index is 1.26. The molecule has 0 fully saturated rings. The van der Waals surface area contributed by atoms with Gasteiger partial charge >= 0.3 is 23.9 Å². The number of benzene rings is 8. The van der Waals surface area contributed by atoms with E-state index in [0.717, 1.165) is 180 Å². The molecule has 0 saturated heterocycles. The zero-order chi connectivity index (χ0) is 53.2. The summed E-state index contributed by atoms with van der Waals surface area (Å²) in [5.41, 5.74) is 9.64. The third-order valence-corrected chi connectivity index (χ3v) is 14.5. The van der Waals surface area contributed by atoms with Crippen molar-refractivity contribution in [3.8, 4) is 44.5 Å². The first-order valence-corrected chi connectivity index (χ1v) is 28.1. The van der Waals surface area contributed by atoms with Crippen molar-refractivity contribution < 1.29 is 38.1 Å². The van der Waals surface area contributed by atoms with Crippen molar-refractivity contribution in [1.82, 2.24) is 0 Å². The van der Waals surface area contributed by atoms with Crippen LogP contribution in [0.15, 0.2) is 133 Å². The number of unbranched alkanes of at least 4 members (excludes halogenated alkanes) is 12. The van der Waals surface area contributed by atoms with Crippen LogP contribution < -0.4 is 0 Å². The van der Waals surface area contributed by atoms with Gasteiger partial charge in [0.1, 0.15) is 0 Å². The molecule has 0 aliphatic rings. The molecule has 0 saturated carbocycles. The topological polar surface area (TPSA) is 105 Å². The van der Waals surface area contributed by atoms with Crippen molar-refractivity contribution in [3.05, 3.63) is 156 Å². The quantitative estimate of drug-likeness (QED) is 0.0207. The van der Waals surface area contributed by atoms with E-state index in [2.05, 4.69) is 64.1 Å². The first kappa shape index (κ1) is 54.9. The third kappa shape index (κ3) is 13.4. The predicted octanol–water partition coefficient (Wildman–Crippen LogP) is 18.2. The molecule has 0 aliphatic heterocycles. The highest BCUT2D eigenvalue weighted by molar-refractivity contribution is 6.32. The molecule has 394 valence electrons. The molecule has 0 N–H and O–H groups in total. The Morgan fingerprint density at radius 2 is 0.487 bits per heavy atom. The fourth-order valence-corrected chi connectivity index (χ4v) is 10.2. The van der Waals surface area contributed by atoms with Gasteiger partial charge in [-0.25, -0.2) is 19.2 Å². The van der Waals surface area contributed by atoms with Crippen molar-refractivity contribution >= 4 is 56.2 Å². The fraction of sp³-hybridized carbons (Fsp3) is 0.353. The Hall–Kier alpha value is -7.32. The second-order valence-corrected chi connectivity index (χ2v) is 20.1. The average molecular weight is 1020 g/mol. The highest BCUT2D eigenvalue weighted by Crippen LogP contribution is 2.48. The van der Waals surface area contributed by atoms with E-state index in [1.807, 2.05) is 97.1 Å². The van der Waals surface area contributed by atoms with Gasteiger partial charge < -0.3 is 18.9 Å². The van der Waals surface area contributed by atoms with Crippen molar-refractivity contribution in [2.24, 2.45) is 0 Å². The van der Waals surface area contributed by atoms with Crippen molar-refractivity contribution in [1.29, 1.82) is 0 Å². The zero-order valence-electron chi connectivity index (χ0n) is 45.1. The summed E-state index contributed by atoms with van der Waals surface area (Å²) in [5.74, 6) is -1.34. The molecule has 0 atom stereocenters. The van der Waals surface area contributed by atoms with Gasteiger partial charge in [-0.2, -0.15) is 0 Å². The Labute approximate surface area is 449 Å². The Bertz CT molecular complexity index is 2760. The van der Waals surface area contributed by atoms with E-state index < -0.39 is 0 Å². The van der Waals surface area contributed by atoms with Crippen LogP contribution >= 0.6 is 0 Å². The lowest BCUT2D eigenvalue weighted by Crippen LogP contribution is -2.06. The lowest BCUT2D eigenvalue weighted by atomic mass is 9.81. The van der Waals surface area contributed by atoms with Crippen LogP contribution in [0.4, 0.5) is 0 Å². The van der Waals surface area contributed by atoms with E-state index in [4.69, 9.17) is 18.9 Å². The molecule has 8 aromatic carbocycles. The van der Waals surface area contributed by atoms with E-state index in [9.17, 15) is 19.2 Å². The van der Waals surface area contributed by atoms with Crippen LogP contribution in [-0.2, 0) is 18.9 Å². The molecule has 0 radical (unpaired) electrons. The van der Waals surface area contributed by atoms with Gasteiger partial charge in [0.2, 0.25) is 0 Å². The van der Waals surface area contributed by atoms with Crippen molar-refractivity contribution in [2.45, 2.75) is 130 Å². The summed E-state index contributed by atoms with van der Waals surface area (Å²) in [6, 6.07) is 43.9. The highest BCUT2D eigenvalue weighted by Gasteiger charge is 2.23. The van der Waals surface area contributed by atoms with Gasteiger partial charge in [0.15, 0.2) is 0 Å². The van der Waals surface area contributed by atoms with Gasteiger partial charge in [-0.3, -0.25) is 0 Å². The summed E-state index contributed by atoms with van der Waals surface area (Å²) >= 11 is 0. The van der Waals surface area contributed by atoms with Crippen LogP contribution in [0.3, 0.4) is 0 Å². The largest absolute Gasteiger partial charge is 0.462 e. The molecule has 0 spiro atoms. The smallest absolute Gasteiger partial charge is 0.338 e. The molecule has 8 rings (SSSR count). The minimum Gasteiger partial charge on any atom is -0.462 e. The van der Waals surface area contributed by atoms with Gasteiger partial charge in [-0.15, -0.1) is 0 Å². The van der Waals surface area contributed by atoms with Gasteiger partial charge in [0.25, 0.3) is 0 Å². The van der Waals surface area contributed by atoms with E-state index in [1.54, 1.807) is 0 Å². The number of carbonyl (C=O) groups is 4. The number of hydrogen-bond donors (Lipinski definition) is 0. The van der Waals surface area contributed by atoms with Gasteiger partial charge in [0, 0.05) is 0 Å². The van der Waals surface area contributed by atoms with Crippen LogP contribution in [0.1, 0.15) is 172 Å². The second-order valence-electron chi connectivity index (χ2n) is 20.1. The first-order valence-electron chi connectivity index (χ1n) is 28.1. The Kier molecular flexibility index (Phi) is 19.8. The summed E-state index contributed by atoms with van der Waals surface area (Å²) in [5, 5.41) is 6.24. The summed E-state index contributed by atoms with van der Waals surface area (Å²) in [7, 11) is 0. The van der Waals surface area contributed by atoms with Crippen LogP contribution in [0.2, 0.25) is 0 Å². The molecule has 0 unspecified atom stereocenters. The molecule has 0 bridgehead atoms. The molecule has 0 heterocycles. The molecule has 76 heavy (non-hydrogen) atoms. The molecule has 8 aromatic rings. The lowest BCUT2D eigenvalue weighted by molar-refractivity contribution is 0.0488. The summed E-state index contributed by atoms with van der Waals surface area (Å²) in [4.78, 5) is 52.9. The highest BCUT2D eigenvalue weighted by atomic mass is 16.5. The standard InChI is InChI=1S/C68H74O8/c1-5-9-13-17-41-73-65(69)51-29-21-47(22-30-51)59-45-60(48-23-31-52(32-24-48)66(70)74-42-18-14-10-6-2)56-39-40-58-62(50-27-35-54(36-28-50)68(72)76-44-20-16-12-8-4)46-61(57-38-37-55(59)63(56)64(57)58)49-25-33-53(34-26-49)67(71)75-43-19-15-11-7-3/h21-40,45-46H,5-20,41-44H2,1-4H3. The number of ether oxygens (including phenoxy) is 4. The molecular weight excluding hydrogens is 945 g/mol. The van der Waals surface area contributed by atoms with Crippen molar-refractivity contribution in [2.75, 3.05) is 26.4 Å². The molecule has 0 aromatic heterocycles. The SMILES string of the molecule is CCCCCCOC(=O)c1ccc(-c2cc(-c3ccc(C(=O)OCCCCCC)cc3)c3ccc4c(-c5ccc(C(=O)OCCCCCC)cc5)cc(-c5ccc(C(=O)OCCCCCC)cc5)c5ccc2c3c54)cc1. The minimum atomic E-state index is -0.335. The molecule has 0 aliphatic carbocycles. The molecular formula is C68H74O8. The van der Waals surface area contributed by atoms with E-state index in [1.165, 1.54) is 0 Å². The predicted molar refractivity (Wildman–Crippen MR) is 310 cm³/mol. The summed E-state index contributed by atoms with van der Waals surface area (Å²) < 4.78 is 22.7. The van der Waals surface area contributed by atoms with Crippen LogP contribution in [-0.4, -0.2) is 50.3 Å². The van der Waals surface area contributed by atoms with Crippen molar-refractivity contribution in [3.63, 3.8) is 0 Å². The van der Waals surface area contributed by atoms with Crippen LogP contribution in [0.5, 0.6) is 0 Å². The number of carbonyl (C=O) groups excluding carboxylic acids is 4. The monoisotopic (exact) mass is 1020 g/mol. The minimum absolute atomic E-state index is 0.335. The maximum Gasteiger partial charge on any atom is 0.338 e. The van der Waals surface area contributed by atoms with E-state index in [0.29, 0.717) is 48.7 Å². The second kappa shape index (κ2) is 27.5. The fourth-order valence-electron chi connectivity index (χ4n) is 10.2. The summed E-state index contributed by atoms with van der Waals surface area (Å²) in [6.45, 7) is 10.2. The number of rotatable bonds is 28. The molecule has 8 nitrogen and oxygen atoms in total. The molecule has 8 heteroatoms. The number of esters is 4. The number of hydrogen-bond acceptors (Lipinski definition) is 8. The van der Waals surface area contributed by atoms with Gasteiger partial charge in [-0.05, 0) is 163 Å². The van der Waals surface area contributed by atoms with E-state index >= 15 is 0 Å². The van der Waals surface area contributed by atoms with Crippen LogP contribution in [0.25, 0.3) is 76.8 Å². The zero-order valence-corrected chi connectivity index (χ0v) is 45.1. The first-order chi connectivity index (χ1) is 37.2. The maximum absolute atomic E-state index is 13.2. The Morgan fingerprint density at radius 1 is 0.276 bits per heavy atom. The lowest BCUT2D eigenvalue weighted by Gasteiger charge is -2.22.